The van der Waals surface area contributed by atoms with Crippen LogP contribution in [0, 0.1) is 6.92 Å². The van der Waals surface area contributed by atoms with Crippen LogP contribution in [0.15, 0.2) is 47.3 Å². The minimum Gasteiger partial charge on any atom is -0.290 e. The normalized spacial score (nSPS) is 12.3. The SMILES string of the molecule is C=C/C=C(C)\C=C/Cn1c(=O)cc(C)n1C. The van der Waals surface area contributed by atoms with E-state index in [9.17, 15) is 4.79 Å². The lowest BCUT2D eigenvalue weighted by Crippen LogP contribution is -2.20. The van der Waals surface area contributed by atoms with E-state index in [4.69, 9.17) is 0 Å². The summed E-state index contributed by atoms with van der Waals surface area (Å²) in [6.45, 7) is 8.14. The molecule has 0 saturated carbocycles. The van der Waals surface area contributed by atoms with E-state index in [0.717, 1.165) is 11.3 Å². The Morgan fingerprint density at radius 3 is 2.75 bits per heavy atom. The summed E-state index contributed by atoms with van der Waals surface area (Å²) in [7, 11) is 1.89. The first kappa shape index (κ1) is 12.3. The monoisotopic (exact) mass is 218 g/mol. The zero-order chi connectivity index (χ0) is 12.1. The summed E-state index contributed by atoms with van der Waals surface area (Å²) in [6.07, 6.45) is 7.63. The molecule has 0 radical (unpaired) electrons. The summed E-state index contributed by atoms with van der Waals surface area (Å²) >= 11 is 0. The molecule has 0 amide bonds. The van der Waals surface area contributed by atoms with E-state index in [1.807, 2.05) is 43.8 Å². The maximum absolute atomic E-state index is 11.5. The van der Waals surface area contributed by atoms with Crippen molar-refractivity contribution in [3.8, 4) is 0 Å². The Morgan fingerprint density at radius 2 is 2.25 bits per heavy atom. The lowest BCUT2D eigenvalue weighted by atomic mass is 10.2. The lowest BCUT2D eigenvalue weighted by molar-refractivity contribution is 0.532. The van der Waals surface area contributed by atoms with Crippen LogP contribution >= 0.6 is 0 Å². The van der Waals surface area contributed by atoms with Crippen molar-refractivity contribution in [2.45, 2.75) is 20.4 Å². The van der Waals surface area contributed by atoms with Gasteiger partial charge in [-0.1, -0.05) is 36.5 Å². The Morgan fingerprint density at radius 1 is 1.56 bits per heavy atom. The van der Waals surface area contributed by atoms with E-state index in [2.05, 4.69) is 6.58 Å². The van der Waals surface area contributed by atoms with Crippen molar-refractivity contribution in [2.75, 3.05) is 0 Å². The minimum absolute atomic E-state index is 0.0370. The fourth-order valence-electron chi connectivity index (χ4n) is 1.48. The highest BCUT2D eigenvalue weighted by Gasteiger charge is 2.01. The number of aryl methyl sites for hydroxylation is 1. The molecule has 0 bridgehead atoms. The van der Waals surface area contributed by atoms with Crippen LogP contribution in [0.25, 0.3) is 0 Å². The van der Waals surface area contributed by atoms with Crippen molar-refractivity contribution in [1.29, 1.82) is 0 Å². The smallest absolute Gasteiger partial charge is 0.267 e. The van der Waals surface area contributed by atoms with Gasteiger partial charge in [-0.15, -0.1) is 0 Å². The highest BCUT2D eigenvalue weighted by atomic mass is 16.1. The molecule has 0 aliphatic carbocycles. The van der Waals surface area contributed by atoms with Crippen LogP contribution in [0.4, 0.5) is 0 Å². The van der Waals surface area contributed by atoms with Gasteiger partial charge in [0.1, 0.15) is 0 Å². The molecule has 0 spiro atoms. The zero-order valence-electron chi connectivity index (χ0n) is 10.1. The summed E-state index contributed by atoms with van der Waals surface area (Å²) in [5.74, 6) is 0. The molecule has 1 aromatic heterocycles. The van der Waals surface area contributed by atoms with Gasteiger partial charge in [0.25, 0.3) is 5.56 Å². The summed E-state index contributed by atoms with van der Waals surface area (Å²) in [5, 5.41) is 0. The second kappa shape index (κ2) is 5.35. The van der Waals surface area contributed by atoms with E-state index in [-0.39, 0.29) is 5.56 Å². The van der Waals surface area contributed by atoms with Gasteiger partial charge in [0.05, 0.1) is 6.54 Å². The number of aromatic nitrogens is 2. The molecule has 0 N–H and O–H groups in total. The maximum atomic E-state index is 11.5. The second-order valence-electron chi connectivity index (χ2n) is 3.78. The van der Waals surface area contributed by atoms with Crippen molar-refractivity contribution in [1.82, 2.24) is 9.36 Å². The number of hydrogen-bond acceptors (Lipinski definition) is 1. The van der Waals surface area contributed by atoms with Crippen LogP contribution in [0.2, 0.25) is 0 Å². The Balaban J connectivity index is 2.79. The topological polar surface area (TPSA) is 26.9 Å². The van der Waals surface area contributed by atoms with E-state index in [1.54, 1.807) is 16.8 Å². The standard InChI is InChI=1S/C13H18N2O/c1-5-7-11(2)8-6-9-15-13(16)10-12(3)14(15)4/h5-8,10H,1,9H2,2-4H3/b8-6-,11-7-. The first-order chi connectivity index (χ1) is 7.56. The molecule has 3 nitrogen and oxygen atoms in total. The molecule has 0 aliphatic heterocycles. The van der Waals surface area contributed by atoms with Crippen LogP contribution in [0.3, 0.4) is 0 Å². The van der Waals surface area contributed by atoms with Gasteiger partial charge in [0.2, 0.25) is 0 Å². The Labute approximate surface area is 96.0 Å². The van der Waals surface area contributed by atoms with Crippen LogP contribution in [0.1, 0.15) is 12.6 Å². The zero-order valence-corrected chi connectivity index (χ0v) is 10.1. The summed E-state index contributed by atoms with van der Waals surface area (Å²) in [4.78, 5) is 11.5. The minimum atomic E-state index is 0.0370. The largest absolute Gasteiger partial charge is 0.290 e. The fourth-order valence-corrected chi connectivity index (χ4v) is 1.48. The molecule has 1 aromatic rings. The molecule has 0 fully saturated rings. The van der Waals surface area contributed by atoms with Gasteiger partial charge in [-0.3, -0.25) is 9.48 Å². The van der Waals surface area contributed by atoms with Crippen molar-refractivity contribution in [2.24, 2.45) is 7.05 Å². The summed E-state index contributed by atoms with van der Waals surface area (Å²) < 4.78 is 3.55. The number of nitrogens with zero attached hydrogens (tertiary/aromatic N) is 2. The average Bonchev–Trinajstić information content (AvgIpc) is 2.45. The Kier molecular flexibility index (Phi) is 4.11. The molecule has 86 valence electrons. The lowest BCUT2D eigenvalue weighted by Gasteiger charge is -2.05. The van der Waals surface area contributed by atoms with Crippen molar-refractivity contribution < 1.29 is 0 Å². The van der Waals surface area contributed by atoms with E-state index >= 15 is 0 Å². The van der Waals surface area contributed by atoms with E-state index in [0.29, 0.717) is 6.54 Å². The molecule has 1 heterocycles. The van der Waals surface area contributed by atoms with E-state index in [1.165, 1.54) is 0 Å². The van der Waals surface area contributed by atoms with Gasteiger partial charge in [0, 0.05) is 18.8 Å². The van der Waals surface area contributed by atoms with Crippen LogP contribution in [0.5, 0.6) is 0 Å². The molecule has 0 saturated heterocycles. The molecule has 1 rings (SSSR count). The van der Waals surface area contributed by atoms with Crippen LogP contribution in [-0.4, -0.2) is 9.36 Å². The van der Waals surface area contributed by atoms with Gasteiger partial charge in [-0.2, -0.15) is 0 Å². The predicted molar refractivity (Wildman–Crippen MR) is 67.5 cm³/mol. The highest BCUT2D eigenvalue weighted by Crippen LogP contribution is 1.97. The molecule has 0 unspecified atom stereocenters. The van der Waals surface area contributed by atoms with Crippen molar-refractivity contribution in [3.63, 3.8) is 0 Å². The van der Waals surface area contributed by atoms with Gasteiger partial charge in [0.15, 0.2) is 0 Å². The molecule has 0 atom stereocenters. The third-order valence-corrected chi connectivity index (χ3v) is 2.50. The van der Waals surface area contributed by atoms with Crippen molar-refractivity contribution >= 4 is 0 Å². The predicted octanol–water partition coefficient (Wildman–Crippen LogP) is 2.18. The molecule has 0 aromatic carbocycles. The van der Waals surface area contributed by atoms with Gasteiger partial charge >= 0.3 is 0 Å². The van der Waals surface area contributed by atoms with E-state index < -0.39 is 0 Å². The average molecular weight is 218 g/mol. The number of allylic oxidation sites excluding steroid dienone is 5. The molecule has 3 heteroatoms. The quantitative estimate of drug-likeness (QED) is 0.712. The van der Waals surface area contributed by atoms with Crippen LogP contribution in [-0.2, 0) is 13.6 Å². The van der Waals surface area contributed by atoms with Gasteiger partial charge in [-0.05, 0) is 13.8 Å². The van der Waals surface area contributed by atoms with Gasteiger partial charge in [-0.25, -0.2) is 4.68 Å². The third kappa shape index (κ3) is 2.86. The summed E-state index contributed by atoms with van der Waals surface area (Å²) in [6, 6.07) is 1.64. The second-order valence-corrected chi connectivity index (χ2v) is 3.78. The highest BCUT2D eigenvalue weighted by molar-refractivity contribution is 5.20. The molecular formula is C13H18N2O. The maximum Gasteiger partial charge on any atom is 0.267 e. The Bertz CT molecular complexity index is 487. The molecule has 16 heavy (non-hydrogen) atoms. The number of hydrogen-bond donors (Lipinski definition) is 0. The third-order valence-electron chi connectivity index (χ3n) is 2.50. The molecular weight excluding hydrogens is 200 g/mol. The van der Waals surface area contributed by atoms with Crippen LogP contribution < -0.4 is 5.56 Å². The molecule has 0 aliphatic rings. The first-order valence-electron chi connectivity index (χ1n) is 5.25. The fraction of sp³-hybridized carbons (Fsp3) is 0.308. The Hall–Kier alpha value is -1.77. The number of rotatable bonds is 4. The van der Waals surface area contributed by atoms with Crippen molar-refractivity contribution in [3.05, 3.63) is 58.6 Å². The summed E-state index contributed by atoms with van der Waals surface area (Å²) in [5.41, 5.74) is 2.13. The first-order valence-corrected chi connectivity index (χ1v) is 5.25. The van der Waals surface area contributed by atoms with Gasteiger partial charge < -0.3 is 0 Å².